The number of hydrogen-bond acceptors (Lipinski definition) is 4. The van der Waals surface area contributed by atoms with Gasteiger partial charge in [0.1, 0.15) is 0 Å². The van der Waals surface area contributed by atoms with Gasteiger partial charge in [-0.2, -0.15) is 0 Å². The van der Waals surface area contributed by atoms with Crippen LogP contribution in [0, 0.1) is 5.92 Å². The van der Waals surface area contributed by atoms with Gasteiger partial charge >= 0.3 is 0 Å². The van der Waals surface area contributed by atoms with Crippen LogP contribution in [-0.4, -0.2) is 55.6 Å². The number of rotatable bonds is 4. The van der Waals surface area contributed by atoms with Crippen molar-refractivity contribution >= 4 is 0 Å². The first-order valence-corrected chi connectivity index (χ1v) is 8.10. The van der Waals surface area contributed by atoms with E-state index in [1.54, 1.807) is 0 Å². The molecule has 21 heavy (non-hydrogen) atoms. The summed E-state index contributed by atoms with van der Waals surface area (Å²) in [4.78, 5) is 4.94. The zero-order valence-corrected chi connectivity index (χ0v) is 13.2. The van der Waals surface area contributed by atoms with E-state index in [0.29, 0.717) is 23.9 Å². The number of nitrogens with one attached hydrogen (secondary N) is 1. The molecule has 4 atom stereocenters. The number of hydrogen-bond donors (Lipinski definition) is 2. The second-order valence-corrected chi connectivity index (χ2v) is 6.77. The zero-order valence-electron chi connectivity index (χ0n) is 13.2. The summed E-state index contributed by atoms with van der Waals surface area (Å²) in [5, 5.41) is 0. The minimum Gasteiger partial charge on any atom is -0.305 e. The van der Waals surface area contributed by atoms with E-state index in [4.69, 9.17) is 5.84 Å². The molecule has 3 N–H and O–H groups in total. The molecule has 1 heterocycles. The van der Waals surface area contributed by atoms with Gasteiger partial charge < -0.3 is 9.80 Å². The molecule has 116 valence electrons. The standard InChI is InChI=1S/C17H28N4/c1-20-9-6-10-21(2)16(12-20)17(19-18)15-11-14(15)13-7-4-3-5-8-13/h3-5,7-8,14-17,19H,6,9-12,18H2,1-2H3. The molecule has 1 saturated heterocycles. The molecule has 1 aromatic rings. The first-order chi connectivity index (χ1) is 10.2. The fourth-order valence-electron chi connectivity index (χ4n) is 3.91. The van der Waals surface area contributed by atoms with Gasteiger partial charge in [0.05, 0.1) is 0 Å². The van der Waals surface area contributed by atoms with Crippen LogP contribution in [0.4, 0.5) is 0 Å². The highest BCUT2D eigenvalue weighted by Gasteiger charge is 2.47. The molecule has 3 rings (SSSR count). The molecule has 0 aromatic heterocycles. The van der Waals surface area contributed by atoms with E-state index < -0.39 is 0 Å². The lowest BCUT2D eigenvalue weighted by Gasteiger charge is -2.34. The molecular weight excluding hydrogens is 260 g/mol. The minimum absolute atomic E-state index is 0.376. The zero-order chi connectivity index (χ0) is 14.8. The van der Waals surface area contributed by atoms with Gasteiger partial charge in [0.2, 0.25) is 0 Å². The van der Waals surface area contributed by atoms with Crippen LogP contribution in [0.25, 0.3) is 0 Å². The van der Waals surface area contributed by atoms with Crippen LogP contribution >= 0.6 is 0 Å². The van der Waals surface area contributed by atoms with E-state index in [0.717, 1.165) is 13.1 Å². The third kappa shape index (κ3) is 3.29. The van der Waals surface area contributed by atoms with E-state index in [1.807, 2.05) is 0 Å². The van der Waals surface area contributed by atoms with E-state index in [1.165, 1.54) is 24.9 Å². The summed E-state index contributed by atoms with van der Waals surface area (Å²) in [5.41, 5.74) is 4.61. The fraction of sp³-hybridized carbons (Fsp3) is 0.647. The maximum absolute atomic E-state index is 5.95. The van der Waals surface area contributed by atoms with Crippen molar-refractivity contribution in [2.24, 2.45) is 11.8 Å². The maximum Gasteiger partial charge on any atom is 0.0412 e. The highest BCUT2D eigenvalue weighted by atomic mass is 15.3. The molecule has 0 amide bonds. The molecule has 4 unspecified atom stereocenters. The lowest BCUT2D eigenvalue weighted by Crippen LogP contribution is -2.55. The van der Waals surface area contributed by atoms with Crippen LogP contribution in [0.15, 0.2) is 30.3 Å². The molecule has 1 saturated carbocycles. The summed E-state index contributed by atoms with van der Waals surface area (Å²) in [7, 11) is 4.47. The Labute approximate surface area is 128 Å². The number of likely N-dealkylation sites (N-methyl/N-ethyl adjacent to an activating group) is 2. The average Bonchev–Trinajstić information content (AvgIpc) is 3.29. The fourth-order valence-corrected chi connectivity index (χ4v) is 3.91. The summed E-state index contributed by atoms with van der Waals surface area (Å²) in [6.45, 7) is 3.45. The van der Waals surface area contributed by atoms with Crippen LogP contribution in [0.2, 0.25) is 0 Å². The Hall–Kier alpha value is -0.940. The van der Waals surface area contributed by atoms with E-state index in [-0.39, 0.29) is 0 Å². The molecule has 2 aliphatic rings. The monoisotopic (exact) mass is 288 g/mol. The molecule has 4 nitrogen and oxygen atoms in total. The second-order valence-electron chi connectivity index (χ2n) is 6.77. The Morgan fingerprint density at radius 1 is 1.19 bits per heavy atom. The van der Waals surface area contributed by atoms with Crippen molar-refractivity contribution < 1.29 is 0 Å². The van der Waals surface area contributed by atoms with Crippen molar-refractivity contribution in [2.75, 3.05) is 33.7 Å². The van der Waals surface area contributed by atoms with Crippen molar-refractivity contribution in [1.82, 2.24) is 15.2 Å². The third-order valence-electron chi connectivity index (χ3n) is 5.25. The largest absolute Gasteiger partial charge is 0.305 e. The molecule has 1 aliphatic carbocycles. The molecule has 0 bridgehead atoms. The van der Waals surface area contributed by atoms with Crippen LogP contribution in [-0.2, 0) is 0 Å². The Morgan fingerprint density at radius 3 is 2.67 bits per heavy atom. The average molecular weight is 288 g/mol. The highest BCUT2D eigenvalue weighted by molar-refractivity contribution is 5.27. The lowest BCUT2D eigenvalue weighted by atomic mass is 9.98. The molecule has 4 heteroatoms. The third-order valence-corrected chi connectivity index (χ3v) is 5.25. The Balaban J connectivity index is 1.70. The summed E-state index contributed by atoms with van der Waals surface area (Å²) < 4.78 is 0. The molecular formula is C17H28N4. The van der Waals surface area contributed by atoms with E-state index in [9.17, 15) is 0 Å². The highest BCUT2D eigenvalue weighted by Crippen LogP contribution is 2.50. The molecule has 1 aromatic carbocycles. The van der Waals surface area contributed by atoms with E-state index in [2.05, 4.69) is 59.7 Å². The summed E-state index contributed by atoms with van der Waals surface area (Å²) in [6.07, 6.45) is 2.50. The predicted molar refractivity (Wildman–Crippen MR) is 86.9 cm³/mol. The van der Waals surface area contributed by atoms with Gasteiger partial charge in [-0.3, -0.25) is 11.3 Å². The summed E-state index contributed by atoms with van der Waals surface area (Å²) in [5.74, 6) is 7.29. The quantitative estimate of drug-likeness (QED) is 0.647. The smallest absolute Gasteiger partial charge is 0.0412 e. The molecule has 0 radical (unpaired) electrons. The van der Waals surface area contributed by atoms with Crippen molar-refractivity contribution in [3.63, 3.8) is 0 Å². The number of benzene rings is 1. The van der Waals surface area contributed by atoms with Crippen LogP contribution in [0.3, 0.4) is 0 Å². The van der Waals surface area contributed by atoms with Gasteiger partial charge in [-0.15, -0.1) is 0 Å². The number of nitrogens with zero attached hydrogens (tertiary/aromatic N) is 2. The van der Waals surface area contributed by atoms with Gasteiger partial charge in [0.15, 0.2) is 0 Å². The molecule has 1 aliphatic heterocycles. The minimum atomic E-state index is 0.376. The van der Waals surface area contributed by atoms with Gasteiger partial charge in [-0.25, -0.2) is 0 Å². The van der Waals surface area contributed by atoms with Crippen molar-refractivity contribution in [2.45, 2.75) is 30.8 Å². The normalized spacial score (nSPS) is 32.6. The molecule has 2 fully saturated rings. The van der Waals surface area contributed by atoms with Crippen molar-refractivity contribution in [3.05, 3.63) is 35.9 Å². The van der Waals surface area contributed by atoms with Crippen molar-refractivity contribution in [1.29, 1.82) is 0 Å². The maximum atomic E-state index is 5.95. The second kappa shape index (κ2) is 6.44. The predicted octanol–water partition coefficient (Wildman–Crippen LogP) is 1.26. The van der Waals surface area contributed by atoms with Crippen LogP contribution in [0.5, 0.6) is 0 Å². The Kier molecular flexibility index (Phi) is 4.60. The summed E-state index contributed by atoms with van der Waals surface area (Å²) in [6, 6.07) is 11.8. The number of hydrazine groups is 1. The SMILES string of the molecule is CN1CCCN(C)C(C(NN)C2CC2c2ccccc2)C1. The van der Waals surface area contributed by atoms with Gasteiger partial charge in [0, 0.05) is 18.6 Å². The first kappa shape index (κ1) is 15.0. The van der Waals surface area contributed by atoms with Gasteiger partial charge in [-0.05, 0) is 57.4 Å². The summed E-state index contributed by atoms with van der Waals surface area (Å²) >= 11 is 0. The Morgan fingerprint density at radius 2 is 1.95 bits per heavy atom. The van der Waals surface area contributed by atoms with Crippen LogP contribution in [0.1, 0.15) is 24.3 Å². The van der Waals surface area contributed by atoms with Crippen molar-refractivity contribution in [3.8, 4) is 0 Å². The molecule has 0 spiro atoms. The topological polar surface area (TPSA) is 44.5 Å². The first-order valence-electron chi connectivity index (χ1n) is 8.10. The van der Waals surface area contributed by atoms with E-state index >= 15 is 0 Å². The van der Waals surface area contributed by atoms with Crippen LogP contribution < -0.4 is 11.3 Å². The number of nitrogens with two attached hydrogens (primary N) is 1. The van der Waals surface area contributed by atoms with Gasteiger partial charge in [0.25, 0.3) is 0 Å². The van der Waals surface area contributed by atoms with Gasteiger partial charge in [-0.1, -0.05) is 30.3 Å². The lowest BCUT2D eigenvalue weighted by molar-refractivity contribution is 0.165. The Bertz CT molecular complexity index is 449.